The molecule has 11 heteroatoms. The molecule has 0 spiro atoms. The Balaban J connectivity index is 1.63. The van der Waals surface area contributed by atoms with Gasteiger partial charge in [-0.25, -0.2) is 9.18 Å². The maximum absolute atomic E-state index is 14.7. The molecule has 3 N–H and O–H groups in total. The van der Waals surface area contributed by atoms with Crippen molar-refractivity contribution < 1.29 is 23.5 Å². The van der Waals surface area contributed by atoms with Crippen molar-refractivity contribution in [2.24, 2.45) is 5.41 Å². The monoisotopic (exact) mass is 642 g/mol. The normalized spacial score (nSPS) is 19.1. The van der Waals surface area contributed by atoms with E-state index in [1.165, 1.54) is 6.07 Å². The lowest BCUT2D eigenvalue weighted by molar-refractivity contribution is 0.0290. The largest absolute Gasteiger partial charge is 0.444 e. The van der Waals surface area contributed by atoms with Gasteiger partial charge in [0.1, 0.15) is 16.4 Å². The predicted octanol–water partition coefficient (Wildman–Crippen LogP) is 5.29. The number of hydrogen-bond acceptors (Lipinski definition) is 6. The van der Waals surface area contributed by atoms with Crippen LogP contribution in [0, 0.1) is 14.8 Å². The van der Waals surface area contributed by atoms with E-state index in [0.717, 1.165) is 14.9 Å². The van der Waals surface area contributed by atoms with Crippen LogP contribution in [0.5, 0.6) is 0 Å². The molecule has 0 radical (unpaired) electrons. The number of ether oxygens (including phenoxy) is 1. The van der Waals surface area contributed by atoms with Crippen molar-refractivity contribution in [2.45, 2.75) is 59.1 Å². The van der Waals surface area contributed by atoms with Gasteiger partial charge in [-0.3, -0.25) is 9.59 Å². The second kappa shape index (κ2) is 10.4. The number of rotatable bonds is 4. The number of carbonyl (C=O) groups is 3. The first kappa shape index (κ1) is 27.6. The topological polar surface area (TPSA) is 99.8 Å². The number of thiophene rings is 1. The smallest absolute Gasteiger partial charge is 0.410 e. The highest BCUT2D eigenvalue weighted by atomic mass is 127. The lowest BCUT2D eigenvalue weighted by Gasteiger charge is -2.24. The molecular weight excluding hydrogens is 610 g/mol. The van der Waals surface area contributed by atoms with Gasteiger partial charge in [0.25, 0.3) is 11.8 Å². The summed E-state index contributed by atoms with van der Waals surface area (Å²) in [4.78, 5) is 41.1. The highest BCUT2D eigenvalue weighted by Gasteiger charge is 2.36. The third-order valence-electron chi connectivity index (χ3n) is 6.18. The molecule has 1 saturated heterocycles. The van der Waals surface area contributed by atoms with Crippen LogP contribution in [0.3, 0.4) is 0 Å². The van der Waals surface area contributed by atoms with E-state index in [2.05, 4.69) is 16.0 Å². The summed E-state index contributed by atoms with van der Waals surface area (Å²) in [6.07, 6.45) is 0.674. The van der Waals surface area contributed by atoms with Crippen LogP contribution in [0.15, 0.2) is 18.2 Å². The highest BCUT2D eigenvalue weighted by molar-refractivity contribution is 14.1. The number of anilines is 2. The summed E-state index contributed by atoms with van der Waals surface area (Å²) in [6, 6.07) is 4.51. The average molecular weight is 643 g/mol. The third kappa shape index (κ3) is 6.54. The van der Waals surface area contributed by atoms with Crippen LogP contribution in [0.4, 0.5) is 19.9 Å². The van der Waals surface area contributed by atoms with Crippen molar-refractivity contribution in [3.8, 4) is 0 Å². The van der Waals surface area contributed by atoms with Crippen LogP contribution < -0.4 is 16.0 Å². The number of likely N-dealkylation sites (tertiary alicyclic amines) is 1. The minimum atomic E-state index is -0.606. The zero-order chi connectivity index (χ0) is 27.1. The molecule has 1 aromatic heterocycles. The van der Waals surface area contributed by atoms with E-state index < -0.39 is 17.5 Å². The van der Waals surface area contributed by atoms with Crippen LogP contribution in [0.2, 0.25) is 0 Å². The number of fused-ring (bicyclic) bond motifs is 1. The van der Waals surface area contributed by atoms with Gasteiger partial charge in [-0.05, 0) is 85.4 Å². The summed E-state index contributed by atoms with van der Waals surface area (Å²) in [5.74, 6) is -1.05. The molecule has 0 saturated carbocycles. The number of halogens is 2. The lowest BCUT2D eigenvalue weighted by atomic mass is 9.85. The van der Waals surface area contributed by atoms with Gasteiger partial charge in [0.15, 0.2) is 0 Å². The second-order valence-corrected chi connectivity index (χ2v) is 13.5. The number of nitrogens with zero attached hydrogens (tertiary/aromatic N) is 1. The molecule has 0 aliphatic carbocycles. The molecule has 200 valence electrons. The molecule has 2 aromatic rings. The standard InChI is InChI=1S/C26H32FIN4O4S/c1-25(2,3)36-24(35)32-9-8-15(12-32)30-21(33)19-16-11-26(4,5)13-29-22(34)20(16)37-23(19)31-18-7-6-14(28)10-17(18)27/h6-7,10,15,31H,8-9,11-13H2,1-5H3,(H,29,34)(H,30,33). The van der Waals surface area contributed by atoms with Crippen molar-refractivity contribution in [1.29, 1.82) is 0 Å². The maximum atomic E-state index is 14.7. The summed E-state index contributed by atoms with van der Waals surface area (Å²) in [6.45, 7) is 10.8. The second-order valence-electron chi connectivity index (χ2n) is 11.3. The molecule has 2 aliphatic rings. The number of nitrogens with one attached hydrogen (secondary N) is 3. The molecule has 1 fully saturated rings. The van der Waals surface area contributed by atoms with Crippen LogP contribution >= 0.6 is 33.9 Å². The summed E-state index contributed by atoms with van der Waals surface area (Å²) in [5, 5.41) is 9.47. The van der Waals surface area contributed by atoms with Gasteiger partial charge in [-0.15, -0.1) is 11.3 Å². The van der Waals surface area contributed by atoms with Crippen LogP contribution in [-0.2, 0) is 11.2 Å². The van der Waals surface area contributed by atoms with Gasteiger partial charge < -0.3 is 25.6 Å². The molecule has 37 heavy (non-hydrogen) atoms. The molecule has 0 bridgehead atoms. The molecule has 3 heterocycles. The zero-order valence-electron chi connectivity index (χ0n) is 21.6. The summed E-state index contributed by atoms with van der Waals surface area (Å²) < 4.78 is 20.9. The molecule has 1 aromatic carbocycles. The lowest BCUT2D eigenvalue weighted by Crippen LogP contribution is -2.40. The first-order valence-electron chi connectivity index (χ1n) is 12.2. The Labute approximate surface area is 233 Å². The van der Waals surface area contributed by atoms with Crippen molar-refractivity contribution in [3.05, 3.63) is 43.6 Å². The van der Waals surface area contributed by atoms with Gasteiger partial charge >= 0.3 is 6.09 Å². The Morgan fingerprint density at radius 1 is 1.30 bits per heavy atom. The van der Waals surface area contributed by atoms with E-state index in [9.17, 15) is 18.8 Å². The highest BCUT2D eigenvalue weighted by Crippen LogP contribution is 2.40. The first-order valence-corrected chi connectivity index (χ1v) is 14.1. The van der Waals surface area contributed by atoms with Gasteiger partial charge in [-0.1, -0.05) is 13.8 Å². The van der Waals surface area contributed by atoms with Crippen molar-refractivity contribution >= 4 is 62.5 Å². The minimum absolute atomic E-state index is 0.225. The van der Waals surface area contributed by atoms with E-state index in [0.29, 0.717) is 53.5 Å². The van der Waals surface area contributed by atoms with E-state index in [4.69, 9.17) is 4.74 Å². The number of benzene rings is 1. The van der Waals surface area contributed by atoms with E-state index >= 15 is 0 Å². The van der Waals surface area contributed by atoms with Gasteiger partial charge in [0.2, 0.25) is 0 Å². The fourth-order valence-electron chi connectivity index (χ4n) is 4.43. The average Bonchev–Trinajstić information content (AvgIpc) is 3.35. The minimum Gasteiger partial charge on any atom is -0.444 e. The van der Waals surface area contributed by atoms with E-state index in [-0.39, 0.29) is 29.0 Å². The Morgan fingerprint density at radius 2 is 2.03 bits per heavy atom. The van der Waals surface area contributed by atoms with Crippen molar-refractivity contribution in [3.63, 3.8) is 0 Å². The Hall–Kier alpha value is -2.41. The molecule has 2 aliphatic heterocycles. The number of carbonyl (C=O) groups excluding carboxylic acids is 3. The number of hydrogen-bond donors (Lipinski definition) is 3. The fourth-order valence-corrected chi connectivity index (χ4v) is 6.03. The van der Waals surface area contributed by atoms with Crippen LogP contribution in [-0.4, -0.2) is 54.1 Å². The molecular formula is C26H32FIN4O4S. The van der Waals surface area contributed by atoms with Crippen LogP contribution in [0.1, 0.15) is 66.6 Å². The summed E-state index contributed by atoms with van der Waals surface area (Å²) in [7, 11) is 0. The maximum Gasteiger partial charge on any atom is 0.410 e. The first-order chi connectivity index (χ1) is 17.2. The van der Waals surface area contributed by atoms with Gasteiger partial charge in [0, 0.05) is 29.2 Å². The Morgan fingerprint density at radius 3 is 2.70 bits per heavy atom. The molecule has 1 atom stereocenters. The Kier molecular flexibility index (Phi) is 7.76. The Bertz CT molecular complexity index is 1240. The SMILES string of the molecule is CC1(C)CNC(=O)c2sc(Nc3ccc(I)cc3F)c(C(=O)NC3CCN(C(=O)OC(C)(C)C)C3)c2C1. The quantitative estimate of drug-likeness (QED) is 0.394. The number of amides is 3. The summed E-state index contributed by atoms with van der Waals surface area (Å²) in [5.41, 5.74) is 0.341. The third-order valence-corrected chi connectivity index (χ3v) is 7.99. The zero-order valence-corrected chi connectivity index (χ0v) is 24.6. The van der Waals surface area contributed by atoms with Gasteiger partial charge in [0.05, 0.1) is 16.1 Å². The molecule has 4 rings (SSSR count). The van der Waals surface area contributed by atoms with E-state index in [1.807, 2.05) is 57.2 Å². The molecule has 3 amide bonds. The predicted molar refractivity (Wildman–Crippen MR) is 150 cm³/mol. The fraction of sp³-hybridized carbons (Fsp3) is 0.500. The van der Waals surface area contributed by atoms with Crippen molar-refractivity contribution in [1.82, 2.24) is 15.5 Å². The summed E-state index contributed by atoms with van der Waals surface area (Å²) >= 11 is 3.19. The molecule has 1 unspecified atom stereocenters. The van der Waals surface area contributed by atoms with Crippen molar-refractivity contribution in [2.75, 3.05) is 25.0 Å². The van der Waals surface area contributed by atoms with Crippen LogP contribution in [0.25, 0.3) is 0 Å². The van der Waals surface area contributed by atoms with E-state index in [1.54, 1.807) is 17.0 Å². The molecule has 8 nitrogen and oxygen atoms in total. The van der Waals surface area contributed by atoms with Gasteiger partial charge in [-0.2, -0.15) is 0 Å².